The first-order valence-electron chi connectivity index (χ1n) is 5.22. The van der Waals surface area contributed by atoms with Gasteiger partial charge >= 0.3 is 5.97 Å². The van der Waals surface area contributed by atoms with Crippen LogP contribution >= 0.6 is 0 Å². The van der Waals surface area contributed by atoms with Crippen LogP contribution in [0.2, 0.25) is 0 Å². The summed E-state index contributed by atoms with van der Waals surface area (Å²) in [4.78, 5) is 12.4. The number of furan rings is 1. The molecule has 18 heavy (non-hydrogen) atoms. The van der Waals surface area contributed by atoms with E-state index in [1.165, 1.54) is 6.92 Å². The average molecular weight is 276 g/mol. The number of sulfonamides is 1. The molecule has 0 bridgehead atoms. The molecule has 1 aromatic heterocycles. The maximum absolute atomic E-state index is 11.9. The Hall–Kier alpha value is -1.38. The molecule has 102 valence electrons. The molecule has 0 aliphatic carbocycles. The third kappa shape index (κ3) is 3.56. The Balaban J connectivity index is 2.88. The molecule has 0 amide bonds. The highest BCUT2D eigenvalue weighted by molar-refractivity contribution is 7.89. The highest BCUT2D eigenvalue weighted by Gasteiger charge is 2.23. The van der Waals surface area contributed by atoms with Gasteiger partial charge in [-0.3, -0.25) is 0 Å². The second-order valence-corrected chi connectivity index (χ2v) is 5.77. The van der Waals surface area contributed by atoms with Gasteiger partial charge in [0.05, 0.1) is 0 Å². The molecule has 2 N–H and O–H groups in total. The van der Waals surface area contributed by atoms with Crippen molar-refractivity contribution < 1.29 is 22.7 Å². The van der Waals surface area contributed by atoms with Crippen molar-refractivity contribution in [1.29, 1.82) is 0 Å². The van der Waals surface area contributed by atoms with Crippen LogP contribution in [-0.2, 0) is 10.0 Å². The lowest BCUT2D eigenvalue weighted by Crippen LogP contribution is -2.31. The summed E-state index contributed by atoms with van der Waals surface area (Å²) in [6, 6.07) is 1.01. The van der Waals surface area contributed by atoms with Crippen molar-refractivity contribution in [3.63, 3.8) is 0 Å². The molecule has 1 heterocycles. The standard InChI is InChI=1S/C10H16N2O5S/c1-7-9(6-8(17-7)10(13)14)18(15,16)11-4-5-12(2)3/h6,11H,4-5H2,1-3H3,(H,13,14). The first-order valence-corrected chi connectivity index (χ1v) is 6.70. The van der Waals surface area contributed by atoms with Gasteiger partial charge in [0.25, 0.3) is 0 Å². The van der Waals surface area contributed by atoms with Gasteiger partial charge in [-0.05, 0) is 21.0 Å². The Kier molecular flexibility index (Phi) is 4.49. The molecule has 0 aromatic carbocycles. The molecule has 0 saturated heterocycles. The van der Waals surface area contributed by atoms with Crippen molar-refractivity contribution in [2.75, 3.05) is 27.2 Å². The van der Waals surface area contributed by atoms with Gasteiger partial charge in [0, 0.05) is 19.2 Å². The van der Waals surface area contributed by atoms with E-state index in [9.17, 15) is 13.2 Å². The zero-order chi connectivity index (χ0) is 13.9. The Morgan fingerprint density at radius 1 is 1.50 bits per heavy atom. The van der Waals surface area contributed by atoms with E-state index < -0.39 is 16.0 Å². The molecular weight excluding hydrogens is 260 g/mol. The molecule has 0 saturated carbocycles. The number of hydrogen-bond acceptors (Lipinski definition) is 5. The minimum absolute atomic E-state index is 0.0600. The number of hydrogen-bond donors (Lipinski definition) is 2. The minimum atomic E-state index is -3.73. The van der Waals surface area contributed by atoms with Gasteiger partial charge in [-0.25, -0.2) is 17.9 Å². The molecule has 1 aromatic rings. The topological polar surface area (TPSA) is 99.8 Å². The van der Waals surface area contributed by atoms with Crippen molar-refractivity contribution in [2.24, 2.45) is 0 Å². The predicted molar refractivity (Wildman–Crippen MR) is 64.1 cm³/mol. The van der Waals surface area contributed by atoms with Crippen LogP contribution in [0.4, 0.5) is 0 Å². The van der Waals surface area contributed by atoms with E-state index in [2.05, 4.69) is 4.72 Å². The van der Waals surface area contributed by atoms with Gasteiger partial charge in [-0.15, -0.1) is 0 Å². The smallest absolute Gasteiger partial charge is 0.371 e. The van der Waals surface area contributed by atoms with E-state index >= 15 is 0 Å². The molecule has 0 spiro atoms. The summed E-state index contributed by atoms with van der Waals surface area (Å²) < 4.78 is 31.0. The molecule has 0 radical (unpaired) electrons. The van der Waals surface area contributed by atoms with Crippen LogP contribution < -0.4 is 4.72 Å². The fourth-order valence-corrected chi connectivity index (χ4v) is 2.52. The summed E-state index contributed by atoms with van der Waals surface area (Å²) in [5.74, 6) is -1.63. The fraction of sp³-hybridized carbons (Fsp3) is 0.500. The largest absolute Gasteiger partial charge is 0.475 e. The lowest BCUT2D eigenvalue weighted by molar-refractivity contribution is 0.0661. The summed E-state index contributed by atoms with van der Waals surface area (Å²) >= 11 is 0. The van der Waals surface area contributed by atoms with Crippen LogP contribution in [0.15, 0.2) is 15.4 Å². The number of carboxylic acid groups (broad SMARTS) is 1. The second kappa shape index (κ2) is 5.51. The molecular formula is C10H16N2O5S. The first kappa shape index (κ1) is 14.7. The number of aryl methyl sites for hydroxylation is 1. The highest BCUT2D eigenvalue weighted by atomic mass is 32.2. The molecule has 0 unspecified atom stereocenters. The van der Waals surface area contributed by atoms with E-state index in [0.717, 1.165) is 6.07 Å². The number of carbonyl (C=O) groups is 1. The summed E-state index contributed by atoms with van der Waals surface area (Å²) in [5.41, 5.74) is 0. The Morgan fingerprint density at radius 2 is 2.11 bits per heavy atom. The van der Waals surface area contributed by atoms with Crippen LogP contribution in [-0.4, -0.2) is 51.6 Å². The van der Waals surface area contributed by atoms with Crippen molar-refractivity contribution in [1.82, 2.24) is 9.62 Å². The first-order chi connectivity index (χ1) is 8.24. The average Bonchev–Trinajstić information content (AvgIpc) is 2.60. The fourth-order valence-electron chi connectivity index (χ4n) is 1.32. The maximum atomic E-state index is 11.9. The van der Waals surface area contributed by atoms with Crippen molar-refractivity contribution in [3.05, 3.63) is 17.6 Å². The van der Waals surface area contributed by atoms with Crippen molar-refractivity contribution in [3.8, 4) is 0 Å². The molecule has 0 fully saturated rings. The Bertz CT molecular complexity index is 532. The van der Waals surface area contributed by atoms with E-state index in [1.54, 1.807) is 0 Å². The van der Waals surface area contributed by atoms with Crippen LogP contribution in [0.3, 0.4) is 0 Å². The molecule has 0 aliphatic rings. The van der Waals surface area contributed by atoms with Crippen molar-refractivity contribution in [2.45, 2.75) is 11.8 Å². The number of carboxylic acids is 1. The third-order valence-electron chi connectivity index (χ3n) is 2.22. The van der Waals surface area contributed by atoms with E-state index in [1.807, 2.05) is 19.0 Å². The zero-order valence-electron chi connectivity index (χ0n) is 10.4. The quantitative estimate of drug-likeness (QED) is 0.766. The van der Waals surface area contributed by atoms with Gasteiger partial charge in [0.2, 0.25) is 15.8 Å². The third-order valence-corrected chi connectivity index (χ3v) is 3.79. The van der Waals surface area contributed by atoms with Crippen LogP contribution in [0.5, 0.6) is 0 Å². The van der Waals surface area contributed by atoms with Gasteiger partial charge in [0.15, 0.2) is 0 Å². The molecule has 0 atom stereocenters. The molecule has 0 aliphatic heterocycles. The second-order valence-electron chi connectivity index (χ2n) is 4.04. The monoisotopic (exact) mass is 276 g/mol. The number of nitrogens with one attached hydrogen (secondary N) is 1. The normalized spacial score (nSPS) is 12.0. The summed E-state index contributed by atoms with van der Waals surface area (Å²) in [6.07, 6.45) is 0. The zero-order valence-corrected chi connectivity index (χ0v) is 11.2. The highest BCUT2D eigenvalue weighted by Crippen LogP contribution is 2.19. The van der Waals surface area contributed by atoms with Gasteiger partial charge < -0.3 is 14.4 Å². The lowest BCUT2D eigenvalue weighted by Gasteiger charge is -2.10. The lowest BCUT2D eigenvalue weighted by atomic mass is 10.4. The molecule has 7 nitrogen and oxygen atoms in total. The summed E-state index contributed by atoms with van der Waals surface area (Å²) in [6.45, 7) is 2.19. The van der Waals surface area contributed by atoms with Crippen LogP contribution in [0.25, 0.3) is 0 Å². The van der Waals surface area contributed by atoms with Crippen LogP contribution in [0.1, 0.15) is 16.3 Å². The SMILES string of the molecule is Cc1oc(C(=O)O)cc1S(=O)(=O)NCCN(C)C. The predicted octanol–water partition coefficient (Wildman–Crippen LogP) is 0.126. The van der Waals surface area contributed by atoms with E-state index in [-0.39, 0.29) is 23.0 Å². The summed E-state index contributed by atoms with van der Waals surface area (Å²) in [5, 5.41) is 8.72. The van der Waals surface area contributed by atoms with Crippen molar-refractivity contribution >= 4 is 16.0 Å². The summed E-state index contributed by atoms with van der Waals surface area (Å²) in [7, 11) is -0.0943. The van der Waals surface area contributed by atoms with Gasteiger partial charge in [-0.2, -0.15) is 0 Å². The van der Waals surface area contributed by atoms with E-state index in [4.69, 9.17) is 9.52 Å². The molecule has 1 rings (SSSR count). The number of likely N-dealkylation sites (N-methyl/N-ethyl adjacent to an activating group) is 1. The Labute approximate surface area is 105 Å². The number of rotatable bonds is 6. The molecule has 8 heteroatoms. The maximum Gasteiger partial charge on any atom is 0.371 e. The Morgan fingerprint density at radius 3 is 2.56 bits per heavy atom. The minimum Gasteiger partial charge on any atom is -0.475 e. The van der Waals surface area contributed by atoms with Gasteiger partial charge in [-0.1, -0.05) is 0 Å². The van der Waals surface area contributed by atoms with Crippen LogP contribution in [0, 0.1) is 6.92 Å². The number of aromatic carboxylic acids is 1. The van der Waals surface area contributed by atoms with E-state index in [0.29, 0.717) is 6.54 Å². The number of nitrogens with zero attached hydrogens (tertiary/aromatic N) is 1. The van der Waals surface area contributed by atoms with Gasteiger partial charge in [0.1, 0.15) is 10.7 Å².